The molecule has 0 saturated carbocycles. The molecule has 10 nitrogen and oxygen atoms in total. The zero-order chi connectivity index (χ0) is 30.2. The maximum absolute atomic E-state index is 14.1. The summed E-state index contributed by atoms with van der Waals surface area (Å²) in [6.45, 7) is 5.38. The molecule has 3 rings (SSSR count). The first-order valence-electron chi connectivity index (χ1n) is 13.1. The van der Waals surface area contributed by atoms with E-state index in [4.69, 9.17) is 14.2 Å². The van der Waals surface area contributed by atoms with Crippen molar-refractivity contribution in [2.45, 2.75) is 38.3 Å². The number of likely N-dealkylation sites (N-methyl/N-ethyl adjacent to an activating group) is 1. The number of nitrogens with one attached hydrogen (secondary N) is 1. The Bertz CT molecular complexity index is 1460. The van der Waals surface area contributed by atoms with Crippen molar-refractivity contribution < 1.29 is 32.2 Å². The van der Waals surface area contributed by atoms with Gasteiger partial charge in [-0.3, -0.25) is 13.9 Å². The van der Waals surface area contributed by atoms with E-state index in [0.29, 0.717) is 18.1 Å². The zero-order valence-electron chi connectivity index (χ0n) is 24.2. The van der Waals surface area contributed by atoms with Crippen LogP contribution in [0.25, 0.3) is 0 Å². The average Bonchev–Trinajstić information content (AvgIpc) is 2.98. The second-order valence-electron chi connectivity index (χ2n) is 9.26. The van der Waals surface area contributed by atoms with Crippen LogP contribution in [0, 0.1) is 6.92 Å². The molecule has 1 atom stereocenters. The number of carbonyl (C=O) groups excluding carboxylic acids is 2. The second-order valence-corrected chi connectivity index (χ2v) is 11.1. The van der Waals surface area contributed by atoms with Gasteiger partial charge in [-0.1, -0.05) is 29.8 Å². The highest BCUT2D eigenvalue weighted by Crippen LogP contribution is 2.33. The molecule has 0 spiro atoms. The largest absolute Gasteiger partial charge is 0.494 e. The molecule has 0 saturated heterocycles. The summed E-state index contributed by atoms with van der Waals surface area (Å²) in [5.74, 6) is 0.210. The number of hydrogen-bond acceptors (Lipinski definition) is 7. The molecule has 0 aliphatic carbocycles. The minimum Gasteiger partial charge on any atom is -0.494 e. The van der Waals surface area contributed by atoms with E-state index in [1.807, 2.05) is 38.1 Å². The van der Waals surface area contributed by atoms with E-state index in [0.717, 1.165) is 15.4 Å². The quantitative estimate of drug-likeness (QED) is 0.326. The third-order valence-electron chi connectivity index (χ3n) is 6.51. The van der Waals surface area contributed by atoms with Gasteiger partial charge in [0.1, 0.15) is 18.3 Å². The summed E-state index contributed by atoms with van der Waals surface area (Å²) in [5.41, 5.74) is 2.05. The van der Waals surface area contributed by atoms with Gasteiger partial charge in [0.25, 0.3) is 10.0 Å². The molecule has 220 valence electrons. The van der Waals surface area contributed by atoms with E-state index in [1.165, 1.54) is 44.4 Å². The van der Waals surface area contributed by atoms with Crippen molar-refractivity contribution in [1.29, 1.82) is 0 Å². The standard InChI is InChI=1S/C30H37N3O7S/c1-7-40-25-13-11-24(12-14-25)33(41(36,37)26-15-16-27(38-5)28(18-26)39-6)20-29(34)32(22(3)30(35)31-4)19-23-10-8-9-21(2)17-23/h8-18,22H,7,19-20H2,1-6H3,(H,31,35). The van der Waals surface area contributed by atoms with Crippen LogP contribution < -0.4 is 23.8 Å². The Balaban J connectivity index is 2.08. The van der Waals surface area contributed by atoms with Crippen molar-refractivity contribution in [3.05, 3.63) is 77.9 Å². The third kappa shape index (κ3) is 7.49. The van der Waals surface area contributed by atoms with Crippen molar-refractivity contribution in [1.82, 2.24) is 10.2 Å². The number of ether oxygens (including phenoxy) is 3. The number of benzene rings is 3. The molecular formula is C30H37N3O7S. The predicted molar refractivity (Wildman–Crippen MR) is 157 cm³/mol. The highest BCUT2D eigenvalue weighted by Gasteiger charge is 2.33. The maximum atomic E-state index is 14.1. The fourth-order valence-corrected chi connectivity index (χ4v) is 5.74. The number of anilines is 1. The van der Waals surface area contributed by atoms with Crippen LogP contribution in [0.2, 0.25) is 0 Å². The monoisotopic (exact) mass is 583 g/mol. The average molecular weight is 584 g/mol. The smallest absolute Gasteiger partial charge is 0.264 e. The SMILES string of the molecule is CCOc1ccc(N(CC(=O)N(Cc2cccc(C)c2)C(C)C(=O)NC)S(=O)(=O)c2ccc(OC)c(OC)c2)cc1. The van der Waals surface area contributed by atoms with Crippen molar-refractivity contribution in [2.75, 3.05) is 38.7 Å². The highest BCUT2D eigenvalue weighted by atomic mass is 32.2. The molecule has 0 aromatic heterocycles. The lowest BCUT2D eigenvalue weighted by molar-refractivity contribution is -0.139. The third-order valence-corrected chi connectivity index (χ3v) is 8.28. The Hall–Kier alpha value is -4.25. The molecule has 3 aromatic rings. The predicted octanol–water partition coefficient (Wildman–Crippen LogP) is 3.77. The van der Waals surface area contributed by atoms with E-state index < -0.39 is 28.5 Å². The number of carbonyl (C=O) groups is 2. The van der Waals surface area contributed by atoms with Crippen LogP contribution >= 0.6 is 0 Å². The molecule has 0 bridgehead atoms. The van der Waals surface area contributed by atoms with E-state index in [9.17, 15) is 18.0 Å². The summed E-state index contributed by atoms with van der Waals surface area (Å²) in [6.07, 6.45) is 0. The van der Waals surface area contributed by atoms with Crippen LogP contribution in [-0.4, -0.2) is 65.6 Å². The van der Waals surface area contributed by atoms with Crippen LogP contribution in [-0.2, 0) is 26.2 Å². The molecule has 0 aliphatic rings. The van der Waals surface area contributed by atoms with Crippen molar-refractivity contribution in [2.24, 2.45) is 0 Å². The number of sulfonamides is 1. The van der Waals surface area contributed by atoms with Gasteiger partial charge in [0, 0.05) is 19.7 Å². The second kappa shape index (κ2) is 13.9. The number of hydrogen-bond donors (Lipinski definition) is 1. The number of amides is 2. The summed E-state index contributed by atoms with van der Waals surface area (Å²) in [7, 11) is 0.0602. The van der Waals surface area contributed by atoms with E-state index >= 15 is 0 Å². The fourth-order valence-electron chi connectivity index (χ4n) is 4.31. The summed E-state index contributed by atoms with van der Waals surface area (Å²) in [5, 5.41) is 2.58. The molecule has 2 amide bonds. The van der Waals surface area contributed by atoms with Crippen LogP contribution in [0.4, 0.5) is 5.69 Å². The van der Waals surface area contributed by atoms with E-state index in [-0.39, 0.29) is 28.8 Å². The zero-order valence-corrected chi connectivity index (χ0v) is 25.0. The lowest BCUT2D eigenvalue weighted by atomic mass is 10.1. The molecular weight excluding hydrogens is 546 g/mol. The first-order valence-corrected chi connectivity index (χ1v) is 14.5. The van der Waals surface area contributed by atoms with Gasteiger partial charge >= 0.3 is 0 Å². The van der Waals surface area contributed by atoms with Gasteiger partial charge in [-0.2, -0.15) is 0 Å². The van der Waals surface area contributed by atoms with Crippen LogP contribution in [0.5, 0.6) is 17.2 Å². The molecule has 0 fully saturated rings. The van der Waals surface area contributed by atoms with Crippen LogP contribution in [0.3, 0.4) is 0 Å². The van der Waals surface area contributed by atoms with E-state index in [1.54, 1.807) is 31.2 Å². The molecule has 11 heteroatoms. The molecule has 0 radical (unpaired) electrons. The van der Waals surface area contributed by atoms with Gasteiger partial charge < -0.3 is 24.4 Å². The van der Waals surface area contributed by atoms with Crippen LogP contribution in [0.1, 0.15) is 25.0 Å². The van der Waals surface area contributed by atoms with E-state index in [2.05, 4.69) is 5.32 Å². The van der Waals surface area contributed by atoms with Gasteiger partial charge in [-0.15, -0.1) is 0 Å². The first-order chi connectivity index (χ1) is 19.5. The Morgan fingerprint density at radius 3 is 2.22 bits per heavy atom. The van der Waals surface area contributed by atoms with Gasteiger partial charge in [0.15, 0.2) is 11.5 Å². The number of nitrogens with zero attached hydrogens (tertiary/aromatic N) is 2. The van der Waals surface area contributed by atoms with Crippen LogP contribution in [0.15, 0.2) is 71.6 Å². The van der Waals surface area contributed by atoms with Gasteiger partial charge in [0.2, 0.25) is 11.8 Å². The fraction of sp³-hybridized carbons (Fsp3) is 0.333. The molecule has 1 N–H and O–H groups in total. The number of rotatable bonds is 13. The van der Waals surface area contributed by atoms with Gasteiger partial charge in [-0.25, -0.2) is 8.42 Å². The summed E-state index contributed by atoms with van der Waals surface area (Å²) < 4.78 is 45.3. The lowest BCUT2D eigenvalue weighted by Crippen LogP contribution is -2.50. The topological polar surface area (TPSA) is 114 Å². The molecule has 0 heterocycles. The minimum absolute atomic E-state index is 0.0959. The first kappa shape index (κ1) is 31.3. The summed E-state index contributed by atoms with van der Waals surface area (Å²) in [4.78, 5) is 27.8. The molecule has 0 aliphatic heterocycles. The number of aryl methyl sites for hydroxylation is 1. The highest BCUT2D eigenvalue weighted by molar-refractivity contribution is 7.92. The summed E-state index contributed by atoms with van der Waals surface area (Å²) in [6, 6.07) is 17.4. The summed E-state index contributed by atoms with van der Waals surface area (Å²) >= 11 is 0. The molecule has 41 heavy (non-hydrogen) atoms. The Labute approximate surface area is 241 Å². The minimum atomic E-state index is -4.29. The van der Waals surface area contributed by atoms with Gasteiger partial charge in [-0.05, 0) is 62.7 Å². The lowest BCUT2D eigenvalue weighted by Gasteiger charge is -2.32. The Kier molecular flexibility index (Phi) is 10.6. The van der Waals surface area contributed by atoms with Crippen molar-refractivity contribution >= 4 is 27.5 Å². The molecule has 3 aromatic carbocycles. The van der Waals surface area contributed by atoms with Gasteiger partial charge in [0.05, 0.1) is 31.4 Å². The normalized spacial score (nSPS) is 11.8. The Morgan fingerprint density at radius 2 is 1.63 bits per heavy atom. The molecule has 1 unspecified atom stereocenters. The maximum Gasteiger partial charge on any atom is 0.264 e. The number of methoxy groups -OCH3 is 2. The van der Waals surface area contributed by atoms with Crippen molar-refractivity contribution in [3.63, 3.8) is 0 Å². The van der Waals surface area contributed by atoms with Crippen molar-refractivity contribution in [3.8, 4) is 17.2 Å². The Morgan fingerprint density at radius 1 is 0.951 bits per heavy atom.